The minimum atomic E-state index is -1.05. The molecule has 76 valence electrons. The first-order valence-corrected chi connectivity index (χ1v) is 5.53. The van der Waals surface area contributed by atoms with Gasteiger partial charge in [-0.2, -0.15) is 11.3 Å². The van der Waals surface area contributed by atoms with Gasteiger partial charge in [0.15, 0.2) is 5.78 Å². The van der Waals surface area contributed by atoms with Gasteiger partial charge in [0.05, 0.1) is 0 Å². The second kappa shape index (κ2) is 4.38. The smallest absolute Gasteiger partial charge is 0.196 e. The van der Waals surface area contributed by atoms with Gasteiger partial charge in [-0.15, -0.1) is 0 Å². The molecule has 2 rings (SSSR count). The van der Waals surface area contributed by atoms with Crippen molar-refractivity contribution in [1.82, 2.24) is 0 Å². The minimum absolute atomic E-state index is 0.248. The number of carbonyl (C=O) groups is 1. The molecule has 0 aliphatic heterocycles. The van der Waals surface area contributed by atoms with E-state index in [9.17, 15) is 9.90 Å². The van der Waals surface area contributed by atoms with E-state index in [-0.39, 0.29) is 5.78 Å². The van der Waals surface area contributed by atoms with Crippen molar-refractivity contribution in [3.8, 4) is 0 Å². The monoisotopic (exact) mass is 218 g/mol. The van der Waals surface area contributed by atoms with Crippen molar-refractivity contribution in [2.75, 3.05) is 0 Å². The van der Waals surface area contributed by atoms with Crippen LogP contribution in [0.25, 0.3) is 0 Å². The van der Waals surface area contributed by atoms with Gasteiger partial charge in [-0.1, -0.05) is 30.3 Å². The van der Waals surface area contributed by atoms with E-state index in [1.54, 1.807) is 35.7 Å². The number of ketones is 1. The second-order valence-electron chi connectivity index (χ2n) is 3.19. The summed E-state index contributed by atoms with van der Waals surface area (Å²) in [5.41, 5.74) is 1.20. The Kier molecular flexibility index (Phi) is 2.94. The average molecular weight is 218 g/mol. The molecule has 0 saturated heterocycles. The van der Waals surface area contributed by atoms with Crippen molar-refractivity contribution in [2.45, 2.75) is 6.10 Å². The maximum atomic E-state index is 11.8. The standard InChI is InChI=1S/C12H10O2S/c13-11(9-4-2-1-3-5-9)12(14)10-6-7-15-8-10/h1-8,11,13H/t11-/m1/s1. The van der Waals surface area contributed by atoms with Gasteiger partial charge in [-0.25, -0.2) is 0 Å². The van der Waals surface area contributed by atoms with E-state index in [0.717, 1.165) is 0 Å². The Morgan fingerprint density at radius 1 is 1.20 bits per heavy atom. The van der Waals surface area contributed by atoms with Crippen molar-refractivity contribution in [2.24, 2.45) is 0 Å². The maximum Gasteiger partial charge on any atom is 0.196 e. The van der Waals surface area contributed by atoms with Crippen LogP contribution in [0.15, 0.2) is 47.2 Å². The summed E-state index contributed by atoms with van der Waals surface area (Å²) >= 11 is 1.45. The molecule has 0 amide bonds. The topological polar surface area (TPSA) is 37.3 Å². The summed E-state index contributed by atoms with van der Waals surface area (Å²) in [5, 5.41) is 13.4. The fourth-order valence-corrected chi connectivity index (χ4v) is 1.99. The molecule has 0 aliphatic carbocycles. The number of benzene rings is 1. The largest absolute Gasteiger partial charge is 0.380 e. The summed E-state index contributed by atoms with van der Waals surface area (Å²) in [6, 6.07) is 10.7. The average Bonchev–Trinajstić information content (AvgIpc) is 2.82. The molecule has 0 bridgehead atoms. The Labute approximate surface area is 91.8 Å². The molecule has 0 radical (unpaired) electrons. The van der Waals surface area contributed by atoms with Gasteiger partial charge in [-0.05, 0) is 17.0 Å². The van der Waals surface area contributed by atoms with Crippen LogP contribution in [0.4, 0.5) is 0 Å². The number of hydrogen-bond donors (Lipinski definition) is 1. The van der Waals surface area contributed by atoms with Crippen LogP contribution in [0, 0.1) is 0 Å². The molecule has 3 heteroatoms. The summed E-state index contributed by atoms with van der Waals surface area (Å²) in [6.45, 7) is 0. The van der Waals surface area contributed by atoms with Gasteiger partial charge < -0.3 is 5.11 Å². The Morgan fingerprint density at radius 3 is 2.53 bits per heavy atom. The van der Waals surface area contributed by atoms with Crippen LogP contribution in [0.3, 0.4) is 0 Å². The Morgan fingerprint density at radius 2 is 1.93 bits per heavy atom. The quantitative estimate of drug-likeness (QED) is 0.804. The second-order valence-corrected chi connectivity index (χ2v) is 3.97. The molecule has 2 nitrogen and oxygen atoms in total. The first kappa shape index (κ1) is 10.1. The molecule has 1 heterocycles. The lowest BCUT2D eigenvalue weighted by Gasteiger charge is -2.08. The van der Waals surface area contributed by atoms with Gasteiger partial charge in [0.25, 0.3) is 0 Å². The number of aliphatic hydroxyl groups excluding tert-OH is 1. The number of hydrogen-bond acceptors (Lipinski definition) is 3. The molecule has 1 N–H and O–H groups in total. The Balaban J connectivity index is 2.23. The SMILES string of the molecule is O=C(c1ccsc1)[C@H](O)c1ccccc1. The molecule has 1 aromatic carbocycles. The van der Waals surface area contributed by atoms with Crippen molar-refractivity contribution in [3.05, 3.63) is 58.3 Å². The van der Waals surface area contributed by atoms with Gasteiger partial charge in [0.2, 0.25) is 0 Å². The summed E-state index contributed by atoms with van der Waals surface area (Å²) in [7, 11) is 0. The van der Waals surface area contributed by atoms with Crippen molar-refractivity contribution in [1.29, 1.82) is 0 Å². The first-order chi connectivity index (χ1) is 7.29. The molecule has 0 spiro atoms. The Bertz CT molecular complexity index is 434. The molecule has 0 aliphatic rings. The van der Waals surface area contributed by atoms with Crippen LogP contribution in [0.5, 0.6) is 0 Å². The van der Waals surface area contributed by atoms with Crippen molar-refractivity contribution in [3.63, 3.8) is 0 Å². The zero-order chi connectivity index (χ0) is 10.7. The molecular formula is C12H10O2S. The number of Topliss-reactive ketones (excluding diaryl/α,β-unsaturated/α-hetero) is 1. The molecule has 0 unspecified atom stereocenters. The van der Waals surface area contributed by atoms with E-state index >= 15 is 0 Å². The fourth-order valence-electron chi connectivity index (χ4n) is 1.35. The van der Waals surface area contributed by atoms with Crippen molar-refractivity contribution < 1.29 is 9.90 Å². The third-order valence-corrected chi connectivity index (χ3v) is 2.85. The highest BCUT2D eigenvalue weighted by molar-refractivity contribution is 7.08. The number of carbonyl (C=O) groups excluding carboxylic acids is 1. The summed E-state index contributed by atoms with van der Waals surface area (Å²) in [5.74, 6) is -0.248. The van der Waals surface area contributed by atoms with E-state index in [1.165, 1.54) is 11.3 Å². The summed E-state index contributed by atoms with van der Waals surface area (Å²) in [4.78, 5) is 11.8. The molecule has 0 fully saturated rings. The lowest BCUT2D eigenvalue weighted by molar-refractivity contribution is 0.0748. The third kappa shape index (κ3) is 2.14. The lowest BCUT2D eigenvalue weighted by Crippen LogP contribution is -2.11. The maximum absolute atomic E-state index is 11.8. The van der Waals surface area contributed by atoms with Crippen molar-refractivity contribution >= 4 is 17.1 Å². The Hall–Kier alpha value is -1.45. The van der Waals surface area contributed by atoms with Crippen LogP contribution in [-0.4, -0.2) is 10.9 Å². The molecule has 15 heavy (non-hydrogen) atoms. The third-order valence-electron chi connectivity index (χ3n) is 2.17. The summed E-state index contributed by atoms with van der Waals surface area (Å²) < 4.78 is 0. The lowest BCUT2D eigenvalue weighted by atomic mass is 10.0. The predicted octanol–water partition coefficient (Wildman–Crippen LogP) is 2.66. The van der Waals surface area contributed by atoms with Gasteiger partial charge in [0, 0.05) is 10.9 Å². The van der Waals surface area contributed by atoms with Crippen LogP contribution < -0.4 is 0 Å². The van der Waals surface area contributed by atoms with Crippen LogP contribution in [0.1, 0.15) is 22.0 Å². The fraction of sp³-hybridized carbons (Fsp3) is 0.0833. The number of rotatable bonds is 3. The van der Waals surface area contributed by atoms with E-state index in [0.29, 0.717) is 11.1 Å². The van der Waals surface area contributed by atoms with E-state index in [1.807, 2.05) is 11.4 Å². The molecule has 1 aromatic heterocycles. The van der Waals surface area contributed by atoms with Gasteiger partial charge >= 0.3 is 0 Å². The van der Waals surface area contributed by atoms with Gasteiger partial charge in [-0.3, -0.25) is 4.79 Å². The van der Waals surface area contributed by atoms with Crippen LogP contribution >= 0.6 is 11.3 Å². The highest BCUT2D eigenvalue weighted by Gasteiger charge is 2.18. The highest BCUT2D eigenvalue weighted by atomic mass is 32.1. The predicted molar refractivity (Wildman–Crippen MR) is 60.1 cm³/mol. The van der Waals surface area contributed by atoms with E-state index in [2.05, 4.69) is 0 Å². The normalized spacial score (nSPS) is 12.3. The summed E-state index contributed by atoms with van der Waals surface area (Å²) in [6.07, 6.45) is -1.05. The highest BCUT2D eigenvalue weighted by Crippen LogP contribution is 2.19. The molecule has 0 saturated carbocycles. The van der Waals surface area contributed by atoms with E-state index in [4.69, 9.17) is 0 Å². The first-order valence-electron chi connectivity index (χ1n) is 4.58. The zero-order valence-corrected chi connectivity index (χ0v) is 8.78. The van der Waals surface area contributed by atoms with E-state index < -0.39 is 6.10 Å². The minimum Gasteiger partial charge on any atom is -0.380 e. The molecule has 2 aromatic rings. The van der Waals surface area contributed by atoms with Crippen LogP contribution in [-0.2, 0) is 0 Å². The zero-order valence-electron chi connectivity index (χ0n) is 7.96. The number of thiophene rings is 1. The van der Waals surface area contributed by atoms with Gasteiger partial charge in [0.1, 0.15) is 6.10 Å². The van der Waals surface area contributed by atoms with Crippen LogP contribution in [0.2, 0.25) is 0 Å². The number of aliphatic hydroxyl groups is 1. The molecular weight excluding hydrogens is 208 g/mol. The molecule has 1 atom stereocenters.